The fraction of sp³-hybridized carbons (Fsp3) is 0.182. The van der Waals surface area contributed by atoms with Crippen molar-refractivity contribution in [3.63, 3.8) is 0 Å². The molecule has 34 heavy (non-hydrogen) atoms. The number of nitrogens with one attached hydrogen (secondary N) is 1. The summed E-state index contributed by atoms with van der Waals surface area (Å²) >= 11 is 6.61. The number of hydrogen-bond acceptors (Lipinski definition) is 7. The molecule has 0 unspecified atom stereocenters. The van der Waals surface area contributed by atoms with E-state index in [1.165, 1.54) is 44.6 Å². The number of hydrogen-bond donors (Lipinski definition) is 1. The second-order valence-corrected chi connectivity index (χ2v) is 8.01. The maximum atomic E-state index is 13.5. The van der Waals surface area contributed by atoms with Gasteiger partial charge in [-0.25, -0.2) is 9.97 Å². The number of halogens is 4. The minimum atomic E-state index is -4.73. The van der Waals surface area contributed by atoms with Crippen molar-refractivity contribution in [2.24, 2.45) is 0 Å². The first kappa shape index (κ1) is 25.1. The second-order valence-electron chi connectivity index (χ2n) is 6.63. The van der Waals surface area contributed by atoms with E-state index in [1.54, 1.807) is 6.07 Å². The van der Waals surface area contributed by atoms with Crippen molar-refractivity contribution in [3.05, 3.63) is 58.7 Å². The lowest BCUT2D eigenvalue weighted by atomic mass is 10.1. The van der Waals surface area contributed by atoms with Gasteiger partial charge < -0.3 is 14.8 Å². The van der Waals surface area contributed by atoms with Crippen LogP contribution < -0.4 is 14.8 Å². The van der Waals surface area contributed by atoms with Crippen LogP contribution in [0, 0.1) is 11.3 Å². The summed E-state index contributed by atoms with van der Waals surface area (Å²) in [7, 11) is 2.84. The van der Waals surface area contributed by atoms with Crippen molar-refractivity contribution in [1.82, 2.24) is 9.97 Å². The van der Waals surface area contributed by atoms with Gasteiger partial charge >= 0.3 is 6.18 Å². The lowest BCUT2D eigenvalue weighted by molar-refractivity contribution is -0.141. The maximum absolute atomic E-state index is 13.5. The molecule has 0 aliphatic heterocycles. The Bertz CT molecular complexity index is 1270. The van der Waals surface area contributed by atoms with Crippen LogP contribution in [0.1, 0.15) is 11.3 Å². The van der Waals surface area contributed by atoms with Crippen molar-refractivity contribution in [2.75, 3.05) is 25.3 Å². The van der Waals surface area contributed by atoms with Gasteiger partial charge in [0.05, 0.1) is 36.9 Å². The van der Waals surface area contributed by atoms with E-state index in [1.807, 2.05) is 6.07 Å². The largest absolute Gasteiger partial charge is 0.493 e. The average molecular weight is 509 g/mol. The zero-order valence-corrected chi connectivity index (χ0v) is 19.3. The Labute approximate surface area is 201 Å². The summed E-state index contributed by atoms with van der Waals surface area (Å²) in [5.74, 6) is -0.155. The lowest BCUT2D eigenvalue weighted by Gasteiger charge is -2.12. The van der Waals surface area contributed by atoms with Gasteiger partial charge in [-0.1, -0.05) is 23.4 Å². The Kier molecular flexibility index (Phi) is 7.86. The van der Waals surface area contributed by atoms with Crippen LogP contribution in [-0.2, 0) is 11.0 Å². The molecule has 12 heteroatoms. The molecule has 2 aromatic carbocycles. The van der Waals surface area contributed by atoms with Crippen LogP contribution >= 0.6 is 23.4 Å². The van der Waals surface area contributed by atoms with Crippen LogP contribution in [0.25, 0.3) is 11.3 Å². The predicted octanol–water partition coefficient (Wildman–Crippen LogP) is 5.44. The normalized spacial score (nSPS) is 11.0. The van der Waals surface area contributed by atoms with E-state index in [0.29, 0.717) is 33.8 Å². The molecule has 7 nitrogen and oxygen atoms in total. The molecule has 0 aliphatic rings. The van der Waals surface area contributed by atoms with Gasteiger partial charge in [0.15, 0.2) is 16.7 Å². The Hall–Kier alpha value is -3.49. The predicted molar refractivity (Wildman–Crippen MR) is 121 cm³/mol. The molecule has 3 aromatic rings. The minimum absolute atomic E-state index is 0.00667. The Morgan fingerprint density at radius 1 is 1.12 bits per heavy atom. The zero-order chi connectivity index (χ0) is 24.9. The molecular formula is C22H16ClF3N4O3S. The van der Waals surface area contributed by atoms with Crippen LogP contribution in [0.5, 0.6) is 11.5 Å². The Morgan fingerprint density at radius 3 is 2.50 bits per heavy atom. The van der Waals surface area contributed by atoms with Crippen molar-refractivity contribution >= 4 is 35.0 Å². The highest BCUT2D eigenvalue weighted by molar-refractivity contribution is 7.99. The van der Waals surface area contributed by atoms with E-state index >= 15 is 0 Å². The number of nitrogens with zero attached hydrogens (tertiary/aromatic N) is 3. The quantitative estimate of drug-likeness (QED) is 0.335. The number of nitriles is 1. The molecule has 0 bridgehead atoms. The van der Waals surface area contributed by atoms with Crippen LogP contribution in [-0.4, -0.2) is 35.8 Å². The number of amides is 1. The van der Waals surface area contributed by atoms with Crippen molar-refractivity contribution < 1.29 is 27.4 Å². The number of ether oxygens (including phenoxy) is 2. The van der Waals surface area contributed by atoms with Gasteiger partial charge in [0.1, 0.15) is 11.8 Å². The maximum Gasteiger partial charge on any atom is 0.433 e. The highest BCUT2D eigenvalue weighted by Gasteiger charge is 2.34. The molecule has 1 N–H and O–H groups in total. The summed E-state index contributed by atoms with van der Waals surface area (Å²) in [6, 6.07) is 11.6. The van der Waals surface area contributed by atoms with Crippen LogP contribution in [0.2, 0.25) is 5.02 Å². The Balaban J connectivity index is 1.87. The average Bonchev–Trinajstić information content (AvgIpc) is 2.81. The monoisotopic (exact) mass is 508 g/mol. The molecule has 0 aliphatic carbocycles. The van der Waals surface area contributed by atoms with Gasteiger partial charge in [-0.15, -0.1) is 0 Å². The molecule has 0 atom stereocenters. The van der Waals surface area contributed by atoms with E-state index in [4.69, 9.17) is 26.3 Å². The fourth-order valence-corrected chi connectivity index (χ4v) is 3.64. The third-order valence-corrected chi connectivity index (χ3v) is 5.47. The van der Waals surface area contributed by atoms with Crippen molar-refractivity contribution in [1.29, 1.82) is 5.26 Å². The molecule has 0 spiro atoms. The summed E-state index contributed by atoms with van der Waals surface area (Å²) in [4.78, 5) is 20.1. The third-order valence-electron chi connectivity index (χ3n) is 4.38. The van der Waals surface area contributed by atoms with Crippen molar-refractivity contribution in [3.8, 4) is 28.8 Å². The van der Waals surface area contributed by atoms with E-state index in [9.17, 15) is 18.0 Å². The molecule has 1 amide bonds. The first-order valence-corrected chi connectivity index (χ1v) is 10.8. The number of aromatic nitrogens is 2. The molecule has 0 saturated carbocycles. The topological polar surface area (TPSA) is 97.1 Å². The van der Waals surface area contributed by atoms with Crippen LogP contribution in [0.3, 0.4) is 0 Å². The summed E-state index contributed by atoms with van der Waals surface area (Å²) in [5.41, 5.74) is -0.440. The minimum Gasteiger partial charge on any atom is -0.493 e. The first-order chi connectivity index (χ1) is 16.1. The molecule has 0 saturated heterocycles. The number of alkyl halides is 3. The van der Waals surface area contributed by atoms with Gasteiger partial charge in [0.25, 0.3) is 0 Å². The number of anilines is 1. The fourth-order valence-electron chi connectivity index (χ4n) is 2.81. The summed E-state index contributed by atoms with van der Waals surface area (Å²) in [6.07, 6.45) is -4.73. The SMILES string of the molecule is COc1ccc(-c2cc(C(F)(F)F)nc(SCC(=O)Nc3cc(Cl)ccc3C#N)n2)cc1OC. The molecule has 176 valence electrons. The van der Waals surface area contributed by atoms with Crippen LogP contribution in [0.4, 0.5) is 18.9 Å². The first-order valence-electron chi connectivity index (χ1n) is 9.45. The second kappa shape index (κ2) is 10.6. The van der Waals surface area contributed by atoms with E-state index < -0.39 is 17.8 Å². The summed E-state index contributed by atoms with van der Waals surface area (Å²) in [6.45, 7) is 0. The van der Waals surface area contributed by atoms with Gasteiger partial charge in [0.2, 0.25) is 5.91 Å². The van der Waals surface area contributed by atoms with Crippen molar-refractivity contribution in [2.45, 2.75) is 11.3 Å². The number of benzene rings is 2. The summed E-state index contributed by atoms with van der Waals surface area (Å²) < 4.78 is 50.8. The van der Waals surface area contributed by atoms with E-state index in [2.05, 4.69) is 15.3 Å². The molecular weight excluding hydrogens is 493 g/mol. The standard InChI is InChI=1S/C22H16ClF3N4O3S/c1-32-17-6-4-12(7-18(17)33-2)16-9-19(22(24,25)26)30-21(29-16)34-11-20(31)28-15-8-14(23)5-3-13(15)10-27/h3-9H,11H2,1-2H3,(H,28,31). The lowest BCUT2D eigenvalue weighted by Crippen LogP contribution is -2.16. The molecule has 1 aromatic heterocycles. The zero-order valence-electron chi connectivity index (χ0n) is 17.7. The van der Waals surface area contributed by atoms with Crippen LogP contribution in [0.15, 0.2) is 47.6 Å². The van der Waals surface area contributed by atoms with E-state index in [-0.39, 0.29) is 27.9 Å². The molecule has 0 fully saturated rings. The number of methoxy groups -OCH3 is 2. The Morgan fingerprint density at radius 2 is 1.85 bits per heavy atom. The van der Waals surface area contributed by atoms with Gasteiger partial charge in [-0.3, -0.25) is 4.79 Å². The number of carbonyl (C=O) groups excluding carboxylic acids is 1. The highest BCUT2D eigenvalue weighted by Crippen LogP contribution is 2.35. The van der Waals surface area contributed by atoms with E-state index in [0.717, 1.165) is 6.07 Å². The number of carbonyl (C=O) groups is 1. The number of rotatable bonds is 7. The molecule has 1 heterocycles. The summed E-state index contributed by atoms with van der Waals surface area (Å²) in [5, 5.41) is 11.7. The third kappa shape index (κ3) is 6.09. The van der Waals surface area contributed by atoms with Gasteiger partial charge in [-0.2, -0.15) is 18.4 Å². The molecule has 3 rings (SSSR count). The number of thioether (sulfide) groups is 1. The molecule has 0 radical (unpaired) electrons. The van der Waals surface area contributed by atoms with Gasteiger partial charge in [0, 0.05) is 10.6 Å². The smallest absolute Gasteiger partial charge is 0.433 e. The highest BCUT2D eigenvalue weighted by atomic mass is 35.5. The van der Waals surface area contributed by atoms with Gasteiger partial charge in [-0.05, 0) is 42.5 Å².